The fraction of sp³-hybridized carbons (Fsp3) is 0.833. The van der Waals surface area contributed by atoms with Crippen molar-refractivity contribution >= 4 is 0 Å². The van der Waals surface area contributed by atoms with Crippen molar-refractivity contribution in [3.63, 3.8) is 0 Å². The summed E-state index contributed by atoms with van der Waals surface area (Å²) in [5.41, 5.74) is 0. The van der Waals surface area contributed by atoms with E-state index in [-0.39, 0.29) is 44.3 Å². The van der Waals surface area contributed by atoms with Gasteiger partial charge in [0, 0.05) is 0 Å². The summed E-state index contributed by atoms with van der Waals surface area (Å²) in [7, 11) is 1.66. The Kier molecular flexibility index (Phi) is 36.4. The van der Waals surface area contributed by atoms with Gasteiger partial charge in [-0.1, -0.05) is 6.61 Å². The molecule has 0 aliphatic heterocycles. The summed E-state index contributed by atoms with van der Waals surface area (Å²) in [6, 6.07) is 0. The number of ether oxygens (including phenoxy) is 1. The summed E-state index contributed by atoms with van der Waals surface area (Å²) in [5.74, 6) is 0. The van der Waals surface area contributed by atoms with Gasteiger partial charge in [-0.15, -0.1) is 0 Å². The molecule has 0 aromatic carbocycles. The average Bonchev–Trinajstić information content (AvgIpc) is 1.91. The van der Waals surface area contributed by atoms with Crippen molar-refractivity contribution in [3.8, 4) is 0 Å². The molecule has 4 nitrogen and oxygen atoms in total. The summed E-state index contributed by atoms with van der Waals surface area (Å²) in [5, 5.41) is 19.2. The van der Waals surface area contributed by atoms with Gasteiger partial charge < -0.3 is 27.2 Å². The molecule has 11 heavy (non-hydrogen) atoms. The van der Waals surface area contributed by atoms with Crippen LogP contribution in [0.1, 0.15) is 0 Å². The fourth-order valence-corrected chi connectivity index (χ4v) is 0.220. The van der Waals surface area contributed by atoms with Gasteiger partial charge >= 0.3 is 31.1 Å². The first-order valence-corrected chi connectivity index (χ1v) is 2.97. The van der Waals surface area contributed by atoms with Crippen LogP contribution >= 0.6 is 0 Å². The Balaban J connectivity index is -0.000000140. The Morgan fingerprint density at radius 1 is 1.45 bits per heavy atom. The first-order valence-electron chi connectivity index (χ1n) is 2.97. The topological polar surface area (TPSA) is 63.8 Å². The van der Waals surface area contributed by atoms with Gasteiger partial charge in [0.2, 0.25) is 0 Å². The number of nitrogens with zero attached hydrogens (tertiary/aromatic N) is 1. The molecule has 0 saturated carbocycles. The third kappa shape index (κ3) is 36.0. The number of rotatable bonds is 4. The first kappa shape index (κ1) is 17.8. The van der Waals surface area contributed by atoms with Crippen molar-refractivity contribution in [1.29, 1.82) is 0 Å². The molecule has 0 fully saturated rings. The van der Waals surface area contributed by atoms with Crippen LogP contribution in [0.4, 0.5) is 0 Å². The Labute approximate surface area is 91.7 Å². The quantitative estimate of drug-likeness (QED) is 0.518. The molecule has 0 bridgehead atoms. The van der Waals surface area contributed by atoms with Crippen LogP contribution in [0.3, 0.4) is 0 Å². The zero-order valence-corrected chi connectivity index (χ0v) is 10.9. The standard InChI is InChI=1S/C4H10NO2.C2H5O.U/c1-5-4-7-3-2-6;1-2-3;/h6H,2-4H2,1H3;3H,1-2H2;/q2*-1;+2. The van der Waals surface area contributed by atoms with E-state index in [0.717, 1.165) is 0 Å². The van der Waals surface area contributed by atoms with Gasteiger partial charge in [0.15, 0.2) is 0 Å². The van der Waals surface area contributed by atoms with Gasteiger partial charge in [0.05, 0.1) is 13.2 Å². The molecule has 0 atom stereocenters. The number of hydrogen-bond acceptors (Lipinski definition) is 3. The predicted octanol–water partition coefficient (Wildman–Crippen LogP) is -0.231. The van der Waals surface area contributed by atoms with E-state index >= 15 is 0 Å². The summed E-state index contributed by atoms with van der Waals surface area (Å²) in [6.07, 6.45) is 0. The van der Waals surface area contributed by atoms with Crippen LogP contribution in [0.25, 0.3) is 5.32 Å². The maximum atomic E-state index is 8.13. The monoisotopic (exact) mass is 387 g/mol. The summed E-state index contributed by atoms with van der Waals surface area (Å²) in [6.45, 7) is 3.90. The Hall–Kier alpha value is 0.892. The van der Waals surface area contributed by atoms with Crippen LogP contribution in [-0.2, 0) is 4.74 Å². The van der Waals surface area contributed by atoms with Crippen LogP contribution in [0.15, 0.2) is 0 Å². The second-order valence-corrected chi connectivity index (χ2v) is 1.30. The van der Waals surface area contributed by atoms with E-state index in [1.165, 1.54) is 0 Å². The molecule has 0 amide bonds. The zero-order valence-electron chi connectivity index (χ0n) is 6.79. The SMILES string of the molecule is C[N-]COCCO.[CH2-]CO.[U+2]. The minimum atomic E-state index is 0. The van der Waals surface area contributed by atoms with Crippen LogP contribution in [0.5, 0.6) is 0 Å². The Morgan fingerprint density at radius 3 is 2.18 bits per heavy atom. The van der Waals surface area contributed by atoms with E-state index in [4.69, 9.17) is 14.9 Å². The third-order valence-electron chi connectivity index (χ3n) is 0.456. The Morgan fingerprint density at radius 2 is 1.91 bits per heavy atom. The molecule has 0 spiro atoms. The van der Waals surface area contributed by atoms with E-state index in [2.05, 4.69) is 12.2 Å². The van der Waals surface area contributed by atoms with Gasteiger partial charge in [-0.25, -0.2) is 0 Å². The van der Waals surface area contributed by atoms with Crippen molar-refractivity contribution < 1.29 is 46.1 Å². The summed E-state index contributed by atoms with van der Waals surface area (Å²) < 4.78 is 4.72. The smallest absolute Gasteiger partial charge is 0.642 e. The molecule has 0 unspecified atom stereocenters. The molecule has 0 rings (SSSR count). The molecule has 0 aromatic heterocycles. The van der Waals surface area contributed by atoms with E-state index in [0.29, 0.717) is 13.3 Å². The van der Waals surface area contributed by atoms with E-state index < -0.39 is 0 Å². The van der Waals surface area contributed by atoms with Crippen LogP contribution < -0.4 is 0 Å². The number of aliphatic hydroxyl groups excluding tert-OH is 2. The van der Waals surface area contributed by atoms with Crippen molar-refractivity contribution in [2.75, 3.05) is 33.6 Å². The largest absolute Gasteiger partial charge is 2.00 e. The molecule has 2 N–H and O–H groups in total. The first-order chi connectivity index (χ1) is 4.83. The predicted molar refractivity (Wildman–Crippen MR) is 39.6 cm³/mol. The van der Waals surface area contributed by atoms with Crippen LogP contribution in [0, 0.1) is 38.0 Å². The fourth-order valence-electron chi connectivity index (χ4n) is 0.220. The molecule has 0 aliphatic carbocycles. The van der Waals surface area contributed by atoms with Crippen LogP contribution in [-0.4, -0.2) is 43.8 Å². The summed E-state index contributed by atoms with van der Waals surface area (Å²) >= 11 is 0. The third-order valence-corrected chi connectivity index (χ3v) is 0.456. The van der Waals surface area contributed by atoms with Crippen molar-refractivity contribution in [3.05, 3.63) is 12.2 Å². The van der Waals surface area contributed by atoms with Gasteiger partial charge in [-0.2, -0.15) is 7.05 Å². The van der Waals surface area contributed by atoms with Gasteiger partial charge in [-0.3, -0.25) is 0 Å². The molecule has 0 radical (unpaired) electrons. The number of hydrogen-bond donors (Lipinski definition) is 2. The average molecular weight is 387 g/mol. The van der Waals surface area contributed by atoms with Crippen molar-refractivity contribution in [1.82, 2.24) is 0 Å². The molecule has 0 aromatic rings. The van der Waals surface area contributed by atoms with Crippen molar-refractivity contribution in [2.24, 2.45) is 0 Å². The maximum Gasteiger partial charge on any atom is 2.00 e. The second kappa shape index (κ2) is 22.4. The van der Waals surface area contributed by atoms with E-state index in [1.807, 2.05) is 0 Å². The maximum absolute atomic E-state index is 8.13. The van der Waals surface area contributed by atoms with Gasteiger partial charge in [-0.05, 0) is 6.73 Å². The Bertz CT molecular complexity index is 44.8. The van der Waals surface area contributed by atoms with Crippen LogP contribution in [0.2, 0.25) is 0 Å². The zero-order chi connectivity index (χ0) is 8.24. The van der Waals surface area contributed by atoms with Gasteiger partial charge in [0.1, 0.15) is 0 Å². The normalized spacial score (nSPS) is 7.64. The molecule has 5 heteroatoms. The van der Waals surface area contributed by atoms with E-state index in [9.17, 15) is 0 Å². The summed E-state index contributed by atoms with van der Waals surface area (Å²) in [4.78, 5) is 0. The molecule has 0 saturated heterocycles. The molecular weight excluding hydrogens is 372 g/mol. The molecule has 0 aliphatic rings. The van der Waals surface area contributed by atoms with Gasteiger partial charge in [0.25, 0.3) is 0 Å². The molecule has 66 valence electrons. The molecular formula is C6H15NO3U. The molecule has 0 heterocycles. The minimum Gasteiger partial charge on any atom is -0.642 e. The number of aliphatic hydroxyl groups is 2. The second-order valence-electron chi connectivity index (χ2n) is 1.30. The van der Waals surface area contributed by atoms with E-state index in [1.54, 1.807) is 7.05 Å². The van der Waals surface area contributed by atoms with Crippen molar-refractivity contribution in [2.45, 2.75) is 0 Å². The minimum absolute atomic E-state index is 0.